The summed E-state index contributed by atoms with van der Waals surface area (Å²) in [5.74, 6) is 0. The van der Waals surface area contributed by atoms with Crippen LogP contribution >= 0.6 is 11.6 Å². The van der Waals surface area contributed by atoms with E-state index in [1.165, 1.54) is 18.3 Å². The highest BCUT2D eigenvalue weighted by Gasteiger charge is 2.13. The van der Waals surface area contributed by atoms with Gasteiger partial charge in [0.2, 0.25) is 10.0 Å². The van der Waals surface area contributed by atoms with Crippen LogP contribution in [0.2, 0.25) is 5.15 Å². The number of hydrogen-bond donors (Lipinski definition) is 1. The zero-order valence-corrected chi connectivity index (χ0v) is 11.8. The number of nitrogens with one attached hydrogen (secondary N) is 1. The van der Waals surface area contributed by atoms with Crippen molar-refractivity contribution in [3.8, 4) is 6.07 Å². The van der Waals surface area contributed by atoms with Gasteiger partial charge in [0.25, 0.3) is 0 Å². The minimum atomic E-state index is -3.63. The third-order valence-corrected chi connectivity index (χ3v) is 4.17. The fourth-order valence-corrected chi connectivity index (χ4v) is 2.55. The lowest BCUT2D eigenvalue weighted by Gasteiger charge is -2.06. The van der Waals surface area contributed by atoms with Crippen LogP contribution in [0.4, 0.5) is 0 Å². The van der Waals surface area contributed by atoms with Crippen LogP contribution in [0.15, 0.2) is 47.5 Å². The molecule has 2 aromatic rings. The predicted molar refractivity (Wildman–Crippen MR) is 74.4 cm³/mol. The van der Waals surface area contributed by atoms with Crippen molar-refractivity contribution in [1.29, 1.82) is 5.26 Å². The molecule has 0 saturated carbocycles. The molecule has 1 N–H and O–H groups in total. The number of rotatable bonds is 4. The van der Waals surface area contributed by atoms with Crippen molar-refractivity contribution < 1.29 is 8.42 Å². The van der Waals surface area contributed by atoms with Gasteiger partial charge in [0.1, 0.15) is 10.0 Å². The first-order valence-electron chi connectivity index (χ1n) is 5.61. The molecule has 1 aromatic carbocycles. The fraction of sp³-hybridized carbons (Fsp3) is 0.0769. The monoisotopic (exact) mass is 307 g/mol. The zero-order chi connectivity index (χ0) is 14.6. The van der Waals surface area contributed by atoms with Gasteiger partial charge in [0, 0.05) is 12.7 Å². The Hall–Kier alpha value is -1.94. The Balaban J connectivity index is 2.09. The van der Waals surface area contributed by atoms with Crippen LogP contribution in [0.3, 0.4) is 0 Å². The van der Waals surface area contributed by atoms with Gasteiger partial charge in [-0.2, -0.15) is 5.26 Å². The topological polar surface area (TPSA) is 82.9 Å². The van der Waals surface area contributed by atoms with Gasteiger partial charge < -0.3 is 0 Å². The van der Waals surface area contributed by atoms with Crippen molar-refractivity contribution in [1.82, 2.24) is 9.71 Å². The number of nitriles is 1. The highest BCUT2D eigenvalue weighted by atomic mass is 35.5. The van der Waals surface area contributed by atoms with Crippen LogP contribution in [-0.2, 0) is 16.6 Å². The van der Waals surface area contributed by atoms with E-state index in [2.05, 4.69) is 9.71 Å². The predicted octanol–water partition coefficient (Wildman–Crippen LogP) is 2.09. The number of benzene rings is 1. The summed E-state index contributed by atoms with van der Waals surface area (Å²) in [6, 6.07) is 11.5. The number of pyridine rings is 1. The molecule has 0 aliphatic carbocycles. The van der Waals surface area contributed by atoms with Crippen LogP contribution in [0, 0.1) is 11.3 Å². The first-order valence-corrected chi connectivity index (χ1v) is 7.47. The molecule has 0 fully saturated rings. The van der Waals surface area contributed by atoms with Gasteiger partial charge in [-0.25, -0.2) is 18.1 Å². The summed E-state index contributed by atoms with van der Waals surface area (Å²) < 4.78 is 26.4. The summed E-state index contributed by atoms with van der Waals surface area (Å²) in [4.78, 5) is 3.78. The van der Waals surface area contributed by atoms with Crippen LogP contribution in [0.25, 0.3) is 0 Å². The second kappa shape index (κ2) is 6.01. The lowest BCUT2D eigenvalue weighted by molar-refractivity contribution is 0.581. The first-order chi connectivity index (χ1) is 9.51. The molecule has 0 atom stereocenters. The van der Waals surface area contributed by atoms with Gasteiger partial charge in [0.05, 0.1) is 11.6 Å². The lowest BCUT2D eigenvalue weighted by atomic mass is 10.1. The molecule has 102 valence electrons. The maximum atomic E-state index is 12.0. The SMILES string of the molecule is N#Cc1ccc(CNS(=O)(=O)c2ccc(Cl)nc2)cc1. The third kappa shape index (κ3) is 3.54. The average molecular weight is 308 g/mol. The van der Waals surface area contributed by atoms with Crippen LogP contribution in [0.1, 0.15) is 11.1 Å². The zero-order valence-electron chi connectivity index (χ0n) is 10.2. The van der Waals surface area contributed by atoms with E-state index in [0.29, 0.717) is 5.56 Å². The summed E-state index contributed by atoms with van der Waals surface area (Å²) >= 11 is 5.61. The normalized spacial score (nSPS) is 11.0. The van der Waals surface area contributed by atoms with E-state index in [0.717, 1.165) is 5.56 Å². The number of sulfonamides is 1. The van der Waals surface area contributed by atoms with E-state index in [9.17, 15) is 8.42 Å². The summed E-state index contributed by atoms with van der Waals surface area (Å²) in [6.07, 6.45) is 1.20. The first kappa shape index (κ1) is 14.5. The molecule has 5 nitrogen and oxygen atoms in total. The van der Waals surface area contributed by atoms with E-state index in [1.54, 1.807) is 24.3 Å². The summed E-state index contributed by atoms with van der Waals surface area (Å²) in [7, 11) is -3.63. The van der Waals surface area contributed by atoms with Gasteiger partial charge in [-0.3, -0.25) is 0 Å². The molecule has 0 spiro atoms. The Morgan fingerprint density at radius 1 is 1.20 bits per heavy atom. The second-order valence-electron chi connectivity index (χ2n) is 3.95. The fourth-order valence-electron chi connectivity index (χ4n) is 1.48. The molecule has 0 bridgehead atoms. The van der Waals surface area contributed by atoms with Gasteiger partial charge in [0.15, 0.2) is 0 Å². The minimum Gasteiger partial charge on any atom is -0.243 e. The third-order valence-electron chi connectivity index (χ3n) is 2.56. The molecule has 0 amide bonds. The van der Waals surface area contributed by atoms with E-state index < -0.39 is 10.0 Å². The number of halogens is 1. The highest BCUT2D eigenvalue weighted by molar-refractivity contribution is 7.89. The summed E-state index contributed by atoms with van der Waals surface area (Å²) in [6.45, 7) is 0.136. The second-order valence-corrected chi connectivity index (χ2v) is 6.10. The van der Waals surface area contributed by atoms with E-state index in [4.69, 9.17) is 16.9 Å². The van der Waals surface area contributed by atoms with Gasteiger partial charge in [-0.15, -0.1) is 0 Å². The van der Waals surface area contributed by atoms with Gasteiger partial charge >= 0.3 is 0 Å². The Morgan fingerprint density at radius 2 is 1.90 bits per heavy atom. The summed E-state index contributed by atoms with van der Waals surface area (Å²) in [5.41, 5.74) is 1.29. The summed E-state index contributed by atoms with van der Waals surface area (Å²) in [5, 5.41) is 8.91. The maximum Gasteiger partial charge on any atom is 0.242 e. The molecule has 0 aliphatic heterocycles. The van der Waals surface area contributed by atoms with Crippen molar-refractivity contribution in [3.63, 3.8) is 0 Å². The van der Waals surface area contributed by atoms with Crippen LogP contribution < -0.4 is 4.72 Å². The smallest absolute Gasteiger partial charge is 0.242 e. The molecule has 0 unspecified atom stereocenters. The quantitative estimate of drug-likeness (QED) is 0.877. The molecule has 0 radical (unpaired) electrons. The van der Waals surface area contributed by atoms with Crippen LogP contribution in [0.5, 0.6) is 0 Å². The van der Waals surface area contributed by atoms with Crippen molar-refractivity contribution in [2.24, 2.45) is 0 Å². The highest BCUT2D eigenvalue weighted by Crippen LogP contribution is 2.11. The molecule has 20 heavy (non-hydrogen) atoms. The molecule has 0 saturated heterocycles. The van der Waals surface area contributed by atoms with Crippen molar-refractivity contribution >= 4 is 21.6 Å². The van der Waals surface area contributed by atoms with Crippen molar-refractivity contribution in [2.75, 3.05) is 0 Å². The Morgan fingerprint density at radius 3 is 2.45 bits per heavy atom. The Bertz CT molecular complexity index is 735. The molecular formula is C13H10ClN3O2S. The molecular weight excluding hydrogens is 298 g/mol. The van der Waals surface area contributed by atoms with Gasteiger partial charge in [-0.05, 0) is 29.8 Å². The van der Waals surface area contributed by atoms with E-state index >= 15 is 0 Å². The molecule has 7 heteroatoms. The molecule has 2 rings (SSSR count). The number of nitrogens with zero attached hydrogens (tertiary/aromatic N) is 2. The number of aromatic nitrogens is 1. The van der Waals surface area contributed by atoms with E-state index in [1.807, 2.05) is 6.07 Å². The molecule has 0 aliphatic rings. The van der Waals surface area contributed by atoms with E-state index in [-0.39, 0.29) is 16.6 Å². The van der Waals surface area contributed by atoms with Gasteiger partial charge in [-0.1, -0.05) is 23.7 Å². The van der Waals surface area contributed by atoms with Crippen molar-refractivity contribution in [2.45, 2.75) is 11.4 Å². The maximum absolute atomic E-state index is 12.0. The van der Waals surface area contributed by atoms with Crippen LogP contribution in [-0.4, -0.2) is 13.4 Å². The largest absolute Gasteiger partial charge is 0.243 e. The minimum absolute atomic E-state index is 0.0514. The Kier molecular flexibility index (Phi) is 4.35. The lowest BCUT2D eigenvalue weighted by Crippen LogP contribution is -2.23. The molecule has 1 aromatic heterocycles. The Labute approximate surface area is 121 Å². The van der Waals surface area contributed by atoms with Crippen molar-refractivity contribution in [3.05, 3.63) is 58.9 Å². The number of hydrogen-bond acceptors (Lipinski definition) is 4. The molecule has 1 heterocycles. The standard InChI is InChI=1S/C13H10ClN3O2S/c14-13-6-5-12(9-16-13)20(18,19)17-8-11-3-1-10(7-15)2-4-11/h1-6,9,17H,8H2. The average Bonchev–Trinajstić information content (AvgIpc) is 2.46.